The zero-order valence-electron chi connectivity index (χ0n) is 13.4. The number of hydrogen-bond donors (Lipinski definition) is 2. The van der Waals surface area contributed by atoms with Crippen LogP contribution in [0.25, 0.3) is 22.2 Å². The lowest BCUT2D eigenvalue weighted by molar-refractivity contribution is -0.115. The van der Waals surface area contributed by atoms with Gasteiger partial charge in [-0.2, -0.15) is 0 Å². The van der Waals surface area contributed by atoms with Crippen LogP contribution in [0, 0.1) is 0 Å². The molecule has 0 bridgehead atoms. The van der Waals surface area contributed by atoms with Crippen molar-refractivity contribution in [3.63, 3.8) is 0 Å². The molecule has 3 rings (SSSR count). The molecule has 2 N–H and O–H groups in total. The number of hydrogen-bond acceptors (Lipinski definition) is 3. The minimum Gasteiger partial charge on any atom is -0.478 e. The van der Waals surface area contributed by atoms with E-state index in [0.717, 1.165) is 5.56 Å². The monoisotopic (exact) mass is 354 g/mol. The first-order valence-corrected chi connectivity index (χ1v) is 8.08. The summed E-state index contributed by atoms with van der Waals surface area (Å²) >= 11 is 5.73. The molecule has 1 atom stereocenters. The number of alkyl halides is 1. The van der Waals surface area contributed by atoms with Gasteiger partial charge in [0, 0.05) is 16.6 Å². The molecule has 5 nitrogen and oxygen atoms in total. The number of pyridine rings is 1. The topological polar surface area (TPSA) is 79.3 Å². The maximum atomic E-state index is 11.6. The van der Waals surface area contributed by atoms with Gasteiger partial charge in [0.05, 0.1) is 16.8 Å². The highest BCUT2D eigenvalue weighted by Crippen LogP contribution is 2.26. The first kappa shape index (κ1) is 16.9. The molecule has 0 saturated carbocycles. The molecule has 0 spiro atoms. The van der Waals surface area contributed by atoms with Gasteiger partial charge in [0.15, 0.2) is 0 Å². The Morgan fingerprint density at radius 1 is 1.12 bits per heavy atom. The van der Waals surface area contributed by atoms with Gasteiger partial charge in [0.25, 0.3) is 0 Å². The quantitative estimate of drug-likeness (QED) is 0.689. The number of carboxylic acid groups (broad SMARTS) is 1. The summed E-state index contributed by atoms with van der Waals surface area (Å²) in [5, 5.41) is 12.1. The number of para-hydroxylation sites is 1. The first-order chi connectivity index (χ1) is 12.0. The van der Waals surface area contributed by atoms with Crippen LogP contribution in [0.4, 0.5) is 5.69 Å². The fourth-order valence-electron chi connectivity index (χ4n) is 2.47. The van der Waals surface area contributed by atoms with E-state index >= 15 is 0 Å². The van der Waals surface area contributed by atoms with Crippen LogP contribution >= 0.6 is 11.6 Å². The molecule has 0 aliphatic heterocycles. The van der Waals surface area contributed by atoms with Gasteiger partial charge < -0.3 is 10.4 Å². The fraction of sp³-hybridized carbons (Fsp3) is 0.105. The van der Waals surface area contributed by atoms with Gasteiger partial charge >= 0.3 is 5.97 Å². The summed E-state index contributed by atoms with van der Waals surface area (Å²) in [6.45, 7) is 1.59. The van der Waals surface area contributed by atoms with Crippen molar-refractivity contribution in [3.05, 3.63) is 60.2 Å². The van der Waals surface area contributed by atoms with Crippen molar-refractivity contribution in [2.24, 2.45) is 0 Å². The molecule has 0 saturated heterocycles. The van der Waals surface area contributed by atoms with Crippen LogP contribution in [0.3, 0.4) is 0 Å². The van der Waals surface area contributed by atoms with E-state index in [1.54, 1.807) is 55.5 Å². The lowest BCUT2D eigenvalue weighted by Crippen LogP contribution is -2.20. The van der Waals surface area contributed by atoms with E-state index in [4.69, 9.17) is 11.6 Å². The van der Waals surface area contributed by atoms with E-state index in [9.17, 15) is 14.7 Å². The van der Waals surface area contributed by atoms with Crippen LogP contribution in [-0.2, 0) is 4.79 Å². The molecule has 0 radical (unpaired) electrons. The van der Waals surface area contributed by atoms with Gasteiger partial charge in [0.1, 0.15) is 5.38 Å². The van der Waals surface area contributed by atoms with Crippen molar-refractivity contribution < 1.29 is 14.7 Å². The van der Waals surface area contributed by atoms with E-state index in [-0.39, 0.29) is 11.5 Å². The third kappa shape index (κ3) is 3.61. The number of aromatic carboxylic acids is 1. The highest BCUT2D eigenvalue weighted by molar-refractivity contribution is 6.32. The van der Waals surface area contributed by atoms with Gasteiger partial charge in [-0.1, -0.05) is 30.3 Å². The highest BCUT2D eigenvalue weighted by atomic mass is 35.5. The minimum absolute atomic E-state index is 0.203. The van der Waals surface area contributed by atoms with Crippen molar-refractivity contribution in [2.45, 2.75) is 12.3 Å². The summed E-state index contributed by atoms with van der Waals surface area (Å²) in [5.41, 5.74) is 2.74. The molecule has 25 heavy (non-hydrogen) atoms. The van der Waals surface area contributed by atoms with Crippen LogP contribution in [0.1, 0.15) is 17.3 Å². The number of aromatic nitrogens is 1. The molecule has 2 aromatic carbocycles. The number of carbonyl (C=O) groups excluding carboxylic acids is 1. The van der Waals surface area contributed by atoms with Crippen molar-refractivity contribution >= 4 is 40.1 Å². The fourth-order valence-corrected chi connectivity index (χ4v) is 2.52. The summed E-state index contributed by atoms with van der Waals surface area (Å²) in [6.07, 6.45) is 0. The van der Waals surface area contributed by atoms with Gasteiger partial charge in [-0.15, -0.1) is 11.6 Å². The Labute approximate surface area is 149 Å². The molecular formula is C19H15ClN2O3. The molecular weight excluding hydrogens is 340 g/mol. The molecule has 0 aliphatic carbocycles. The smallest absolute Gasteiger partial charge is 0.336 e. The molecule has 1 amide bonds. The Balaban J connectivity index is 1.99. The van der Waals surface area contributed by atoms with Crippen molar-refractivity contribution in [3.8, 4) is 11.3 Å². The number of nitrogens with zero attached hydrogens (tertiary/aromatic N) is 1. The predicted octanol–water partition coefficient (Wildman–Crippen LogP) is 4.17. The van der Waals surface area contributed by atoms with Crippen LogP contribution in [-0.4, -0.2) is 27.3 Å². The third-order valence-electron chi connectivity index (χ3n) is 3.76. The molecule has 0 fully saturated rings. The average molecular weight is 355 g/mol. The van der Waals surface area contributed by atoms with Crippen LogP contribution < -0.4 is 5.32 Å². The largest absolute Gasteiger partial charge is 0.478 e. The summed E-state index contributed by atoms with van der Waals surface area (Å²) in [6, 6.07) is 15.7. The summed E-state index contributed by atoms with van der Waals surface area (Å²) in [7, 11) is 0. The summed E-state index contributed by atoms with van der Waals surface area (Å²) < 4.78 is 0. The second kappa shape index (κ2) is 6.91. The maximum Gasteiger partial charge on any atom is 0.336 e. The number of rotatable bonds is 4. The molecule has 1 unspecified atom stereocenters. The van der Waals surface area contributed by atoms with Crippen LogP contribution in [0.2, 0.25) is 0 Å². The Kier molecular flexibility index (Phi) is 4.67. The standard InChI is InChI=1S/C19H15ClN2O3/c1-11(20)18(23)21-13-8-6-12(7-9-13)17-10-15(19(24)25)14-4-2-3-5-16(14)22-17/h2-11H,1H3,(H,21,23)(H,24,25). The summed E-state index contributed by atoms with van der Waals surface area (Å²) in [5.74, 6) is -1.29. The molecule has 126 valence electrons. The second-order valence-electron chi connectivity index (χ2n) is 5.56. The number of anilines is 1. The van der Waals surface area contributed by atoms with E-state index in [0.29, 0.717) is 22.3 Å². The SMILES string of the molecule is CC(Cl)C(=O)Nc1ccc(-c2cc(C(=O)O)c3ccccc3n2)cc1. The Morgan fingerprint density at radius 3 is 2.44 bits per heavy atom. The molecule has 1 aromatic heterocycles. The van der Waals surface area contributed by atoms with Crippen molar-refractivity contribution in [1.82, 2.24) is 4.98 Å². The lowest BCUT2D eigenvalue weighted by atomic mass is 10.0. The van der Waals surface area contributed by atoms with Gasteiger partial charge in [-0.3, -0.25) is 4.79 Å². The number of benzene rings is 2. The minimum atomic E-state index is -1.00. The number of carboxylic acids is 1. The number of nitrogens with one attached hydrogen (secondary N) is 1. The van der Waals surface area contributed by atoms with E-state index in [1.165, 1.54) is 0 Å². The molecule has 3 aromatic rings. The zero-order valence-corrected chi connectivity index (χ0v) is 14.1. The van der Waals surface area contributed by atoms with Crippen LogP contribution in [0.15, 0.2) is 54.6 Å². The number of amides is 1. The number of carbonyl (C=O) groups is 2. The normalized spacial score (nSPS) is 11.9. The Morgan fingerprint density at radius 2 is 1.80 bits per heavy atom. The predicted molar refractivity (Wildman–Crippen MR) is 98.1 cm³/mol. The van der Waals surface area contributed by atoms with Crippen molar-refractivity contribution in [1.29, 1.82) is 0 Å². The highest BCUT2D eigenvalue weighted by Gasteiger charge is 2.13. The zero-order chi connectivity index (χ0) is 18.0. The summed E-state index contributed by atoms with van der Waals surface area (Å²) in [4.78, 5) is 27.7. The first-order valence-electron chi connectivity index (χ1n) is 7.64. The van der Waals surface area contributed by atoms with Crippen LogP contribution in [0.5, 0.6) is 0 Å². The molecule has 0 aliphatic rings. The molecule has 1 heterocycles. The maximum absolute atomic E-state index is 11.6. The van der Waals surface area contributed by atoms with Gasteiger partial charge in [-0.25, -0.2) is 9.78 Å². The van der Waals surface area contributed by atoms with Gasteiger partial charge in [-0.05, 0) is 31.2 Å². The number of fused-ring (bicyclic) bond motifs is 1. The van der Waals surface area contributed by atoms with Crippen molar-refractivity contribution in [2.75, 3.05) is 5.32 Å². The Hall–Kier alpha value is -2.92. The molecule has 6 heteroatoms. The number of halogens is 1. The van der Waals surface area contributed by atoms with E-state index in [2.05, 4.69) is 10.3 Å². The average Bonchev–Trinajstić information content (AvgIpc) is 2.61. The second-order valence-corrected chi connectivity index (χ2v) is 6.21. The lowest BCUT2D eigenvalue weighted by Gasteiger charge is -2.09. The van der Waals surface area contributed by atoms with E-state index in [1.807, 2.05) is 6.07 Å². The van der Waals surface area contributed by atoms with Gasteiger partial charge in [0.2, 0.25) is 5.91 Å². The third-order valence-corrected chi connectivity index (χ3v) is 3.95. The Bertz CT molecular complexity index is 953. The van der Waals surface area contributed by atoms with E-state index < -0.39 is 11.3 Å².